The van der Waals surface area contributed by atoms with Crippen LogP contribution in [0.1, 0.15) is 24.3 Å². The number of carbonyl (C=O) groups excluding carboxylic acids is 2. The highest BCUT2D eigenvalue weighted by molar-refractivity contribution is 5.90. The van der Waals surface area contributed by atoms with Gasteiger partial charge >= 0.3 is 12.1 Å². The molecule has 2 amide bonds. The van der Waals surface area contributed by atoms with Crippen molar-refractivity contribution in [1.82, 2.24) is 20.4 Å². The van der Waals surface area contributed by atoms with Gasteiger partial charge in [0.1, 0.15) is 6.04 Å². The van der Waals surface area contributed by atoms with Crippen molar-refractivity contribution in [3.8, 4) is 11.4 Å². The minimum absolute atomic E-state index is 0.0833. The van der Waals surface area contributed by atoms with Crippen LogP contribution < -0.4 is 5.32 Å². The summed E-state index contributed by atoms with van der Waals surface area (Å²) in [6.45, 7) is 1.99. The molecule has 0 radical (unpaired) electrons. The molecule has 2 aromatic rings. The van der Waals surface area contributed by atoms with Crippen LogP contribution in [0.25, 0.3) is 11.4 Å². The molecule has 0 spiro atoms. The molecule has 2 heterocycles. The van der Waals surface area contributed by atoms with Crippen molar-refractivity contribution in [2.75, 3.05) is 13.1 Å². The van der Waals surface area contributed by atoms with E-state index < -0.39 is 24.0 Å². The Bertz CT molecular complexity index is 849. The first kappa shape index (κ1) is 19.8. The SMILES string of the molecule is Cc1ccc(-c2noc(CCNC(=O)C3CCCN3C(=O)C(F)(F)F)n2)cc1. The van der Waals surface area contributed by atoms with Crippen LogP contribution in [0.15, 0.2) is 28.8 Å². The van der Waals surface area contributed by atoms with Gasteiger partial charge in [0.05, 0.1) is 0 Å². The van der Waals surface area contributed by atoms with Crippen LogP contribution in [-0.4, -0.2) is 52.2 Å². The molecule has 7 nitrogen and oxygen atoms in total. The fourth-order valence-electron chi connectivity index (χ4n) is 3.03. The Kier molecular flexibility index (Phi) is 5.66. The van der Waals surface area contributed by atoms with Crippen LogP contribution in [-0.2, 0) is 16.0 Å². The molecule has 1 fully saturated rings. The lowest BCUT2D eigenvalue weighted by atomic mass is 10.1. The standard InChI is InChI=1S/C18H19F3N4O3/c1-11-4-6-12(7-5-11)15-23-14(28-24-15)8-9-22-16(26)13-3-2-10-25(13)17(27)18(19,20)21/h4-7,13H,2-3,8-10H2,1H3,(H,22,26). The van der Waals surface area contributed by atoms with Gasteiger partial charge in [-0.05, 0) is 19.8 Å². The van der Waals surface area contributed by atoms with E-state index in [2.05, 4.69) is 15.5 Å². The zero-order chi connectivity index (χ0) is 20.3. The molecule has 1 N–H and O–H groups in total. The van der Waals surface area contributed by atoms with E-state index in [-0.39, 0.29) is 25.9 Å². The number of aryl methyl sites for hydroxylation is 1. The zero-order valence-corrected chi connectivity index (χ0v) is 15.1. The molecule has 10 heteroatoms. The highest BCUT2D eigenvalue weighted by atomic mass is 19.4. The van der Waals surface area contributed by atoms with E-state index in [0.717, 1.165) is 11.1 Å². The summed E-state index contributed by atoms with van der Waals surface area (Å²) in [7, 11) is 0. The van der Waals surface area contributed by atoms with Gasteiger partial charge in [0.2, 0.25) is 17.6 Å². The molecule has 0 bridgehead atoms. The fraction of sp³-hybridized carbons (Fsp3) is 0.444. The Morgan fingerprint density at radius 3 is 2.68 bits per heavy atom. The lowest BCUT2D eigenvalue weighted by Crippen LogP contribution is -2.50. The van der Waals surface area contributed by atoms with Gasteiger partial charge in [-0.1, -0.05) is 35.0 Å². The van der Waals surface area contributed by atoms with Gasteiger partial charge in [0.15, 0.2) is 0 Å². The molecule has 28 heavy (non-hydrogen) atoms. The number of aromatic nitrogens is 2. The van der Waals surface area contributed by atoms with E-state index in [4.69, 9.17) is 4.52 Å². The van der Waals surface area contributed by atoms with E-state index in [1.165, 1.54) is 0 Å². The van der Waals surface area contributed by atoms with Crippen LogP contribution in [0.3, 0.4) is 0 Å². The molecule has 1 aromatic carbocycles. The predicted molar refractivity (Wildman–Crippen MR) is 92.0 cm³/mol. The number of halogens is 3. The van der Waals surface area contributed by atoms with Crippen LogP contribution in [0.2, 0.25) is 0 Å². The second kappa shape index (κ2) is 7.99. The molecule has 0 aliphatic carbocycles. The monoisotopic (exact) mass is 396 g/mol. The molecule has 1 atom stereocenters. The van der Waals surface area contributed by atoms with Gasteiger partial charge < -0.3 is 14.7 Å². The number of rotatable bonds is 5. The van der Waals surface area contributed by atoms with Gasteiger partial charge in [0.25, 0.3) is 0 Å². The summed E-state index contributed by atoms with van der Waals surface area (Å²) in [6.07, 6.45) is -4.21. The van der Waals surface area contributed by atoms with E-state index in [1.807, 2.05) is 31.2 Å². The first-order chi connectivity index (χ1) is 13.3. The summed E-state index contributed by atoms with van der Waals surface area (Å²) in [5, 5.41) is 6.41. The Hall–Kier alpha value is -2.91. The second-order valence-electron chi connectivity index (χ2n) is 6.57. The zero-order valence-electron chi connectivity index (χ0n) is 15.1. The number of alkyl halides is 3. The first-order valence-electron chi connectivity index (χ1n) is 8.81. The van der Waals surface area contributed by atoms with Crippen molar-refractivity contribution in [3.63, 3.8) is 0 Å². The molecular weight excluding hydrogens is 377 g/mol. The maximum Gasteiger partial charge on any atom is 0.471 e. The van der Waals surface area contributed by atoms with Crippen molar-refractivity contribution in [2.45, 2.75) is 38.4 Å². The molecule has 1 unspecified atom stereocenters. The smallest absolute Gasteiger partial charge is 0.354 e. The largest absolute Gasteiger partial charge is 0.471 e. The quantitative estimate of drug-likeness (QED) is 0.838. The molecule has 3 rings (SSSR count). The summed E-state index contributed by atoms with van der Waals surface area (Å²) in [5.41, 5.74) is 1.89. The molecule has 1 aromatic heterocycles. The third-order valence-electron chi connectivity index (χ3n) is 4.47. The summed E-state index contributed by atoms with van der Waals surface area (Å²) >= 11 is 0. The second-order valence-corrected chi connectivity index (χ2v) is 6.57. The number of hydrogen-bond acceptors (Lipinski definition) is 5. The van der Waals surface area contributed by atoms with Crippen molar-refractivity contribution < 1.29 is 27.3 Å². The van der Waals surface area contributed by atoms with Gasteiger partial charge in [-0.2, -0.15) is 18.2 Å². The molecule has 1 aliphatic rings. The summed E-state index contributed by atoms with van der Waals surface area (Å²) in [6, 6.07) is 6.44. The van der Waals surface area contributed by atoms with Gasteiger partial charge in [-0.15, -0.1) is 0 Å². The van der Waals surface area contributed by atoms with Crippen molar-refractivity contribution in [2.24, 2.45) is 0 Å². The van der Waals surface area contributed by atoms with Crippen LogP contribution in [0.4, 0.5) is 13.2 Å². The number of likely N-dealkylation sites (tertiary alicyclic amines) is 1. The summed E-state index contributed by atoms with van der Waals surface area (Å²) in [5.74, 6) is -1.89. The Morgan fingerprint density at radius 2 is 2.00 bits per heavy atom. The fourth-order valence-corrected chi connectivity index (χ4v) is 3.03. The van der Waals surface area contributed by atoms with Crippen LogP contribution in [0.5, 0.6) is 0 Å². The average Bonchev–Trinajstić information content (AvgIpc) is 3.30. The number of nitrogens with zero attached hydrogens (tertiary/aromatic N) is 3. The van der Waals surface area contributed by atoms with Crippen LogP contribution >= 0.6 is 0 Å². The maximum atomic E-state index is 12.6. The maximum absolute atomic E-state index is 12.6. The Morgan fingerprint density at radius 1 is 1.29 bits per heavy atom. The van der Waals surface area contributed by atoms with E-state index in [1.54, 1.807) is 0 Å². The predicted octanol–water partition coefficient (Wildman–Crippen LogP) is 2.26. The normalized spacial score (nSPS) is 17.0. The minimum Gasteiger partial charge on any atom is -0.354 e. The van der Waals surface area contributed by atoms with E-state index >= 15 is 0 Å². The number of hydrogen-bond donors (Lipinski definition) is 1. The summed E-state index contributed by atoms with van der Waals surface area (Å²) < 4.78 is 43.0. The van der Waals surface area contributed by atoms with E-state index in [0.29, 0.717) is 23.0 Å². The van der Waals surface area contributed by atoms with Crippen LogP contribution in [0, 0.1) is 6.92 Å². The lowest BCUT2D eigenvalue weighted by Gasteiger charge is -2.24. The minimum atomic E-state index is -4.99. The molecule has 1 aliphatic heterocycles. The van der Waals surface area contributed by atoms with Crippen molar-refractivity contribution in [3.05, 3.63) is 35.7 Å². The van der Waals surface area contributed by atoms with Gasteiger partial charge in [0, 0.05) is 25.1 Å². The molecule has 150 valence electrons. The first-order valence-corrected chi connectivity index (χ1v) is 8.81. The average molecular weight is 396 g/mol. The Labute approximate surface area is 158 Å². The number of nitrogens with one attached hydrogen (secondary N) is 1. The molecular formula is C18H19F3N4O3. The highest BCUT2D eigenvalue weighted by Crippen LogP contribution is 2.25. The van der Waals surface area contributed by atoms with Gasteiger partial charge in [-0.25, -0.2) is 0 Å². The third kappa shape index (κ3) is 4.49. The number of carbonyl (C=O) groups is 2. The topological polar surface area (TPSA) is 88.3 Å². The molecule has 0 saturated carbocycles. The summed E-state index contributed by atoms with van der Waals surface area (Å²) in [4.78, 5) is 28.4. The van der Waals surface area contributed by atoms with Gasteiger partial charge in [-0.3, -0.25) is 9.59 Å². The lowest BCUT2D eigenvalue weighted by molar-refractivity contribution is -0.186. The highest BCUT2D eigenvalue weighted by Gasteiger charge is 2.47. The van der Waals surface area contributed by atoms with Crippen molar-refractivity contribution in [1.29, 1.82) is 0 Å². The third-order valence-corrected chi connectivity index (χ3v) is 4.47. The Balaban J connectivity index is 1.53. The number of amides is 2. The van der Waals surface area contributed by atoms with E-state index in [9.17, 15) is 22.8 Å². The number of benzene rings is 1. The van der Waals surface area contributed by atoms with Crippen molar-refractivity contribution >= 4 is 11.8 Å². The molecule has 1 saturated heterocycles.